The van der Waals surface area contributed by atoms with Gasteiger partial charge in [0.05, 0.1) is 0 Å². The molecule has 0 saturated carbocycles. The Morgan fingerprint density at radius 2 is 0.939 bits per heavy atom. The lowest BCUT2D eigenvalue weighted by atomic mass is 9.82. The summed E-state index contributed by atoms with van der Waals surface area (Å²) in [6.07, 6.45) is 1.33. The van der Waals surface area contributed by atoms with E-state index in [-0.39, 0.29) is 11.1 Å². The molecule has 3 heteroatoms. The molecule has 0 saturated heterocycles. The van der Waals surface area contributed by atoms with E-state index in [1.54, 1.807) is 0 Å². The van der Waals surface area contributed by atoms with Crippen molar-refractivity contribution in [3.05, 3.63) is 146 Å². The molecule has 0 bridgehead atoms. The van der Waals surface area contributed by atoms with E-state index >= 15 is 0 Å². The van der Waals surface area contributed by atoms with Crippen LogP contribution in [-0.4, -0.2) is 17.1 Å². The summed E-state index contributed by atoms with van der Waals surface area (Å²) >= 11 is 0. The van der Waals surface area contributed by atoms with Gasteiger partial charge in [-0.3, -0.25) is 4.79 Å². The minimum atomic E-state index is -1.58. The molecule has 0 rings (SSSR count). The fourth-order valence-electron chi connectivity index (χ4n) is 2.74. The molecule has 0 aromatic rings. The quantitative estimate of drug-likeness (QED) is 0.261. The van der Waals surface area contributed by atoms with Crippen LogP contribution in [0.1, 0.15) is 26.2 Å². The predicted octanol–water partition coefficient (Wildman–Crippen LogP) is 6.70. The van der Waals surface area contributed by atoms with E-state index in [1.807, 2.05) is 0 Å². The second-order valence-electron chi connectivity index (χ2n) is 7.82. The van der Waals surface area contributed by atoms with Gasteiger partial charge in [-0.05, 0) is 79.7 Å². The molecule has 1 unspecified atom stereocenters. The molecule has 0 radical (unpaired) electrons. The number of allylic oxidation sites excluding steroid dienone is 10. The van der Waals surface area contributed by atoms with E-state index < -0.39 is 12.0 Å². The molecular weight excluding hydrogens is 406 g/mol. The summed E-state index contributed by atoms with van der Waals surface area (Å²) in [4.78, 5) is 11.2. The highest BCUT2D eigenvalue weighted by atomic mass is 16.3. The van der Waals surface area contributed by atoms with Crippen molar-refractivity contribution in [1.29, 1.82) is 0 Å². The van der Waals surface area contributed by atoms with Gasteiger partial charge in [-0.2, -0.15) is 0 Å². The van der Waals surface area contributed by atoms with Crippen LogP contribution in [0.15, 0.2) is 146 Å². The van der Waals surface area contributed by atoms with Gasteiger partial charge < -0.3 is 10.8 Å². The predicted molar refractivity (Wildman–Crippen MR) is 144 cm³/mol. The number of aliphatic hydroxyl groups is 1. The van der Waals surface area contributed by atoms with Crippen LogP contribution in [0.4, 0.5) is 0 Å². The van der Waals surface area contributed by atoms with Crippen LogP contribution in [0.25, 0.3) is 0 Å². The summed E-state index contributed by atoms with van der Waals surface area (Å²) < 4.78 is 0. The first-order chi connectivity index (χ1) is 15.1. The van der Waals surface area contributed by atoms with E-state index in [1.165, 1.54) is 0 Å². The third kappa shape index (κ3) is 7.16. The van der Waals surface area contributed by atoms with Gasteiger partial charge >= 0.3 is 0 Å². The molecule has 0 aliphatic carbocycles. The van der Waals surface area contributed by atoms with Crippen molar-refractivity contribution in [3.8, 4) is 0 Å². The van der Waals surface area contributed by atoms with Gasteiger partial charge in [0.2, 0.25) is 0 Å². The van der Waals surface area contributed by atoms with Gasteiger partial charge in [0.15, 0.2) is 6.10 Å². The van der Waals surface area contributed by atoms with E-state index in [4.69, 9.17) is 5.73 Å². The summed E-state index contributed by atoms with van der Waals surface area (Å²) in [6, 6.07) is 0. The molecule has 0 aromatic carbocycles. The highest BCUT2D eigenvalue weighted by Gasteiger charge is 2.22. The lowest BCUT2D eigenvalue weighted by Crippen LogP contribution is -2.30. The van der Waals surface area contributed by atoms with E-state index in [9.17, 15) is 9.90 Å². The lowest BCUT2D eigenvalue weighted by molar-refractivity contribution is -0.124. The fraction of sp³-hybridized carbons (Fsp3) is 0.167. The maximum absolute atomic E-state index is 11.2. The average Bonchev–Trinajstić information content (AvgIpc) is 2.81. The van der Waals surface area contributed by atoms with Gasteiger partial charge in [-0.15, -0.1) is 0 Å². The Kier molecular flexibility index (Phi) is 11.0. The van der Waals surface area contributed by atoms with E-state index in [0.717, 1.165) is 30.4 Å². The first-order valence-corrected chi connectivity index (χ1v) is 10.4. The van der Waals surface area contributed by atoms with Crippen molar-refractivity contribution in [2.45, 2.75) is 32.3 Å². The number of carbonyl (C=O) groups is 1. The van der Waals surface area contributed by atoms with Crippen LogP contribution >= 0.6 is 0 Å². The largest absolute Gasteiger partial charge is 0.378 e. The van der Waals surface area contributed by atoms with Crippen LogP contribution in [0.5, 0.6) is 0 Å². The molecule has 1 amide bonds. The molecule has 174 valence electrons. The molecule has 0 aliphatic rings. The number of hydrogen-bond acceptors (Lipinski definition) is 2. The highest BCUT2D eigenvalue weighted by molar-refractivity contribution is 5.84. The van der Waals surface area contributed by atoms with Gasteiger partial charge in [0.1, 0.15) is 0 Å². The number of unbranched alkanes of at least 4 members (excludes halogenated alkanes) is 1. The van der Waals surface area contributed by atoms with Crippen molar-refractivity contribution in [2.24, 2.45) is 5.73 Å². The Morgan fingerprint density at radius 3 is 1.24 bits per heavy atom. The monoisotopic (exact) mass is 443 g/mol. The number of carbonyl (C=O) groups excluding carboxylic acids is 1. The van der Waals surface area contributed by atoms with E-state index in [2.05, 4.69) is 85.9 Å². The Balaban J connectivity index is 5.44. The molecule has 1 atom stereocenters. The number of nitrogens with two attached hydrogens (primary N) is 1. The van der Waals surface area contributed by atoms with Gasteiger partial charge in [0.25, 0.3) is 5.91 Å². The third-order valence-electron chi connectivity index (χ3n) is 5.52. The first kappa shape index (κ1) is 29.3. The minimum absolute atomic E-state index is 0.0294. The van der Waals surface area contributed by atoms with Crippen molar-refractivity contribution in [3.63, 3.8) is 0 Å². The molecule has 0 aromatic heterocycles. The summed E-state index contributed by atoms with van der Waals surface area (Å²) in [5.74, 6) is -0.940. The summed E-state index contributed by atoms with van der Waals surface area (Å²) in [5.41, 5.74) is 10.9. The van der Waals surface area contributed by atoms with Crippen LogP contribution in [0, 0.1) is 0 Å². The van der Waals surface area contributed by atoms with Gasteiger partial charge in [-0.25, -0.2) is 0 Å². The average molecular weight is 444 g/mol. The molecule has 0 fully saturated rings. The highest BCUT2D eigenvalue weighted by Crippen LogP contribution is 2.36. The summed E-state index contributed by atoms with van der Waals surface area (Å²) in [5, 5.41) is 9.85. The molecule has 0 heterocycles. The lowest BCUT2D eigenvalue weighted by Gasteiger charge is -2.22. The van der Waals surface area contributed by atoms with Crippen LogP contribution in [-0.2, 0) is 4.79 Å². The standard InChI is InChI=1S/C30H37NO2/c1-14-15-16-17(2)18(3)19(4)20(5)21(6)22(7)23(8)24(9)25(10)26(11)27(12)28(13)29(32)30(31)33/h29,32H,2-16H2,1H3,(H2,31,33). The molecular formula is C30H37NO2. The zero-order valence-electron chi connectivity index (χ0n) is 20.1. The third-order valence-corrected chi connectivity index (χ3v) is 5.52. The maximum Gasteiger partial charge on any atom is 0.250 e. The molecule has 3 nitrogen and oxygen atoms in total. The van der Waals surface area contributed by atoms with Crippen molar-refractivity contribution in [1.82, 2.24) is 0 Å². The van der Waals surface area contributed by atoms with Crippen LogP contribution in [0.3, 0.4) is 0 Å². The first-order valence-electron chi connectivity index (χ1n) is 10.4. The van der Waals surface area contributed by atoms with Crippen molar-refractivity contribution < 1.29 is 9.90 Å². The maximum atomic E-state index is 11.2. The topological polar surface area (TPSA) is 63.3 Å². The Bertz CT molecular complexity index is 1040. The summed E-state index contributed by atoms with van der Waals surface area (Å²) in [7, 11) is 0. The number of aliphatic hydroxyl groups excluding tert-OH is 1. The zero-order chi connectivity index (χ0) is 26.2. The fourth-order valence-corrected chi connectivity index (χ4v) is 2.74. The Labute approximate surface area is 199 Å². The van der Waals surface area contributed by atoms with Crippen LogP contribution < -0.4 is 5.73 Å². The molecule has 0 spiro atoms. The van der Waals surface area contributed by atoms with Gasteiger partial charge in [0, 0.05) is 0 Å². The van der Waals surface area contributed by atoms with E-state index in [0.29, 0.717) is 44.6 Å². The molecule has 0 aliphatic heterocycles. The number of primary amides is 1. The van der Waals surface area contributed by atoms with Crippen molar-refractivity contribution >= 4 is 5.91 Å². The molecule has 3 N–H and O–H groups in total. The number of amides is 1. The molecule has 33 heavy (non-hydrogen) atoms. The number of hydrogen-bond donors (Lipinski definition) is 2. The number of rotatable bonds is 16. The normalized spacial score (nSPS) is 10.8. The zero-order valence-corrected chi connectivity index (χ0v) is 20.1. The second kappa shape index (κ2) is 12.4. The Morgan fingerprint density at radius 1 is 0.636 bits per heavy atom. The Hall–Kier alpha value is -3.69. The second-order valence-corrected chi connectivity index (χ2v) is 7.82. The SMILES string of the molecule is C=C(CCCC)C(=C)C(=C)C(=C)C(=C)C(=C)C(=C)C(=C)C(=C)C(=C)C(=C)C(=C)C(O)C(N)=O. The van der Waals surface area contributed by atoms with Crippen molar-refractivity contribution in [2.75, 3.05) is 0 Å². The smallest absolute Gasteiger partial charge is 0.250 e. The van der Waals surface area contributed by atoms with Crippen LogP contribution in [0.2, 0.25) is 0 Å². The minimum Gasteiger partial charge on any atom is -0.378 e. The summed E-state index contributed by atoms with van der Waals surface area (Å²) in [6.45, 7) is 50.2. The van der Waals surface area contributed by atoms with Gasteiger partial charge in [-0.1, -0.05) is 92.3 Å².